The summed E-state index contributed by atoms with van der Waals surface area (Å²) in [5.41, 5.74) is 4.16. The molecule has 36 heavy (non-hydrogen) atoms. The zero-order valence-electron chi connectivity index (χ0n) is 19.9. The molecule has 1 aliphatic rings. The van der Waals surface area contributed by atoms with Crippen molar-refractivity contribution in [3.63, 3.8) is 0 Å². The van der Waals surface area contributed by atoms with Crippen LogP contribution in [0.5, 0.6) is 0 Å². The van der Waals surface area contributed by atoms with Crippen LogP contribution < -0.4 is 5.32 Å². The van der Waals surface area contributed by atoms with Crippen LogP contribution in [-0.4, -0.2) is 20.6 Å². The van der Waals surface area contributed by atoms with Crippen LogP contribution in [0.2, 0.25) is 10.0 Å². The largest absolute Gasteiger partial charge is 0.326 e. The van der Waals surface area contributed by atoms with Gasteiger partial charge in [0, 0.05) is 17.5 Å². The van der Waals surface area contributed by atoms with Crippen LogP contribution in [0.1, 0.15) is 42.4 Å². The van der Waals surface area contributed by atoms with Crippen molar-refractivity contribution in [2.45, 2.75) is 43.4 Å². The Morgan fingerprint density at radius 1 is 1.03 bits per heavy atom. The summed E-state index contributed by atoms with van der Waals surface area (Å²) in [5, 5.41) is 13.2. The molecule has 1 fully saturated rings. The summed E-state index contributed by atoms with van der Waals surface area (Å²) in [6.45, 7) is 0. The Balaban J connectivity index is 1.49. The number of halogens is 2. The number of hydrogen-bond acceptors (Lipinski definition) is 4. The molecular weight excluding hydrogens is 515 g/mol. The van der Waals surface area contributed by atoms with E-state index in [9.17, 15) is 18.5 Å². The third-order valence-electron chi connectivity index (χ3n) is 6.54. The van der Waals surface area contributed by atoms with Crippen LogP contribution in [0, 0.1) is 17.2 Å². The summed E-state index contributed by atoms with van der Waals surface area (Å²) in [6, 6.07) is 17.5. The van der Waals surface area contributed by atoms with Crippen molar-refractivity contribution in [1.29, 1.82) is 5.26 Å². The average molecular weight is 542 g/mol. The minimum atomic E-state index is -3.29. The molecule has 0 aliphatic heterocycles. The molecule has 0 unspecified atom stereocenters. The second-order valence-electron chi connectivity index (χ2n) is 9.29. The van der Waals surface area contributed by atoms with Crippen LogP contribution >= 0.6 is 23.2 Å². The lowest BCUT2D eigenvalue weighted by Crippen LogP contribution is -2.14. The Bertz CT molecular complexity index is 1420. The fraction of sp³-hybridized carbons (Fsp3) is 0.286. The molecule has 1 aliphatic carbocycles. The monoisotopic (exact) mass is 540 g/mol. The molecule has 1 N–H and O–H groups in total. The Morgan fingerprint density at radius 3 is 2.25 bits per heavy atom. The van der Waals surface area contributed by atoms with Crippen LogP contribution in [0.25, 0.3) is 11.1 Å². The van der Waals surface area contributed by atoms with Crippen molar-refractivity contribution in [2.24, 2.45) is 5.92 Å². The van der Waals surface area contributed by atoms with E-state index >= 15 is 0 Å². The molecular formula is C28H26Cl2N2O3S. The molecule has 0 radical (unpaired) electrons. The number of amides is 1. The number of anilines is 1. The zero-order chi connectivity index (χ0) is 25.9. The quantitative estimate of drug-likeness (QED) is 0.355. The molecule has 0 bridgehead atoms. The van der Waals surface area contributed by atoms with Crippen LogP contribution in [-0.2, 0) is 27.5 Å². The fourth-order valence-corrected chi connectivity index (χ4v) is 6.04. The SMILES string of the molecule is CS(=O)(=O)c1ccc(CC(=O)Nc2cc(Cl)c(-c3ccc(CC4CCCC4)c(C#N)c3)c(Cl)c2)cc1. The van der Waals surface area contributed by atoms with Crippen LogP contribution in [0.4, 0.5) is 5.69 Å². The van der Waals surface area contributed by atoms with Crippen molar-refractivity contribution in [1.82, 2.24) is 0 Å². The summed E-state index contributed by atoms with van der Waals surface area (Å²) < 4.78 is 23.2. The second kappa shape index (κ2) is 11.0. The van der Waals surface area contributed by atoms with Gasteiger partial charge in [0.05, 0.1) is 33.0 Å². The topological polar surface area (TPSA) is 87.0 Å². The average Bonchev–Trinajstić information content (AvgIpc) is 3.32. The second-order valence-corrected chi connectivity index (χ2v) is 12.1. The highest BCUT2D eigenvalue weighted by Gasteiger charge is 2.19. The molecule has 186 valence electrons. The van der Waals surface area contributed by atoms with E-state index in [-0.39, 0.29) is 17.2 Å². The number of benzene rings is 3. The van der Waals surface area contributed by atoms with Gasteiger partial charge in [0.25, 0.3) is 0 Å². The van der Waals surface area contributed by atoms with Crippen molar-refractivity contribution >= 4 is 44.6 Å². The van der Waals surface area contributed by atoms with Crippen molar-refractivity contribution in [3.8, 4) is 17.2 Å². The van der Waals surface area contributed by atoms with Gasteiger partial charge >= 0.3 is 0 Å². The van der Waals surface area contributed by atoms with Crippen molar-refractivity contribution in [3.05, 3.63) is 81.3 Å². The maximum absolute atomic E-state index is 12.6. The van der Waals surface area contributed by atoms with Crippen molar-refractivity contribution < 1.29 is 13.2 Å². The lowest BCUT2D eigenvalue weighted by molar-refractivity contribution is -0.115. The first kappa shape index (κ1) is 26.2. The highest BCUT2D eigenvalue weighted by molar-refractivity contribution is 7.90. The molecule has 3 aromatic carbocycles. The van der Waals surface area contributed by atoms with E-state index in [2.05, 4.69) is 11.4 Å². The molecule has 3 aromatic rings. The summed E-state index contributed by atoms with van der Waals surface area (Å²) in [6.07, 6.45) is 7.05. The third kappa shape index (κ3) is 6.28. The van der Waals surface area contributed by atoms with E-state index in [1.54, 1.807) is 24.3 Å². The predicted octanol–water partition coefficient (Wildman–Crippen LogP) is 6.85. The predicted molar refractivity (Wildman–Crippen MR) is 144 cm³/mol. The number of carbonyl (C=O) groups is 1. The molecule has 5 nitrogen and oxygen atoms in total. The van der Waals surface area contributed by atoms with Gasteiger partial charge in [0.15, 0.2) is 9.84 Å². The smallest absolute Gasteiger partial charge is 0.228 e. The Kier molecular flexibility index (Phi) is 8.04. The highest BCUT2D eigenvalue weighted by Crippen LogP contribution is 2.39. The first-order valence-corrected chi connectivity index (χ1v) is 14.4. The normalized spacial score (nSPS) is 13.9. The van der Waals surface area contributed by atoms with E-state index in [1.807, 2.05) is 18.2 Å². The lowest BCUT2D eigenvalue weighted by Gasteiger charge is -2.14. The maximum Gasteiger partial charge on any atom is 0.228 e. The summed E-state index contributed by atoms with van der Waals surface area (Å²) in [5.74, 6) is 0.348. The van der Waals surface area contributed by atoms with Gasteiger partial charge in [-0.05, 0) is 59.4 Å². The van der Waals surface area contributed by atoms with Gasteiger partial charge in [-0.25, -0.2) is 8.42 Å². The molecule has 1 saturated carbocycles. The number of hydrogen-bond donors (Lipinski definition) is 1. The highest BCUT2D eigenvalue weighted by atomic mass is 35.5. The minimum Gasteiger partial charge on any atom is -0.326 e. The van der Waals surface area contributed by atoms with E-state index < -0.39 is 9.84 Å². The lowest BCUT2D eigenvalue weighted by atomic mass is 9.92. The number of carbonyl (C=O) groups excluding carboxylic acids is 1. The Labute approximate surface area is 222 Å². The molecule has 0 heterocycles. The Morgan fingerprint density at radius 2 is 1.67 bits per heavy atom. The van der Waals surface area contributed by atoms with E-state index in [0.717, 1.165) is 23.8 Å². The van der Waals surface area contributed by atoms with E-state index in [1.165, 1.54) is 37.8 Å². The molecule has 0 saturated heterocycles. The molecule has 0 spiro atoms. The molecule has 4 rings (SSSR count). The van der Waals surface area contributed by atoms with Crippen LogP contribution in [0.15, 0.2) is 59.5 Å². The number of sulfone groups is 1. The summed E-state index contributed by atoms with van der Waals surface area (Å²) >= 11 is 13.1. The van der Waals surface area contributed by atoms with Gasteiger partial charge in [-0.1, -0.05) is 73.2 Å². The summed E-state index contributed by atoms with van der Waals surface area (Å²) in [7, 11) is -3.29. The number of nitrogens with zero attached hydrogens (tertiary/aromatic N) is 1. The van der Waals surface area contributed by atoms with Gasteiger partial charge in [-0.15, -0.1) is 0 Å². The minimum absolute atomic E-state index is 0.0645. The zero-order valence-corrected chi connectivity index (χ0v) is 22.2. The van der Waals surface area contributed by atoms with Gasteiger partial charge in [-0.3, -0.25) is 4.79 Å². The number of nitrogens with one attached hydrogen (secondary N) is 1. The fourth-order valence-electron chi connectivity index (χ4n) is 4.71. The van der Waals surface area contributed by atoms with Crippen molar-refractivity contribution in [2.75, 3.05) is 11.6 Å². The van der Waals surface area contributed by atoms with Gasteiger partial charge < -0.3 is 5.32 Å². The van der Waals surface area contributed by atoms with Gasteiger partial charge in [0.1, 0.15) is 0 Å². The Hall–Kier alpha value is -2.85. The van der Waals surface area contributed by atoms with E-state index in [4.69, 9.17) is 23.2 Å². The molecule has 0 atom stereocenters. The standard InChI is InChI=1S/C28H26Cl2N2O3S/c1-36(34,35)24-10-6-19(7-11-24)13-27(33)32-23-15-25(29)28(26(30)16-23)21-9-8-20(22(14-21)17-31)12-18-4-2-3-5-18/h6-11,14-16,18H,2-5,12-13H2,1H3,(H,32,33). The molecule has 0 aromatic heterocycles. The first-order chi connectivity index (χ1) is 17.1. The van der Waals surface area contributed by atoms with Gasteiger partial charge in [0.2, 0.25) is 5.91 Å². The van der Waals surface area contributed by atoms with E-state index in [0.29, 0.717) is 38.3 Å². The molecule has 8 heteroatoms. The summed E-state index contributed by atoms with van der Waals surface area (Å²) in [4.78, 5) is 12.8. The third-order valence-corrected chi connectivity index (χ3v) is 8.27. The maximum atomic E-state index is 12.6. The number of rotatable bonds is 7. The van der Waals surface area contributed by atoms with Crippen LogP contribution in [0.3, 0.4) is 0 Å². The molecule has 1 amide bonds. The number of nitriles is 1. The van der Waals surface area contributed by atoms with Gasteiger partial charge in [-0.2, -0.15) is 5.26 Å². The first-order valence-electron chi connectivity index (χ1n) is 11.8.